The van der Waals surface area contributed by atoms with Crippen LogP contribution in [0.1, 0.15) is 30.4 Å². The molecule has 214 valence electrons. The molecule has 4 atom stereocenters. The second kappa shape index (κ2) is 9.68. The molecule has 7 N–H and O–H groups in total. The van der Waals surface area contributed by atoms with E-state index in [0.717, 1.165) is 32.0 Å². The number of Topliss-reactive ketones (excluding diaryl/α,β-unsaturated/α-hetero) is 2. The molecule has 12 nitrogen and oxygen atoms in total. The van der Waals surface area contributed by atoms with Gasteiger partial charge in [-0.2, -0.15) is 0 Å². The number of nitrogens with two attached hydrogens (primary N) is 1. The van der Waals surface area contributed by atoms with Crippen molar-refractivity contribution in [1.82, 2.24) is 9.80 Å². The molecule has 2 fully saturated rings. The van der Waals surface area contributed by atoms with Gasteiger partial charge in [-0.15, -0.1) is 0 Å². The number of phenols is 1. The maximum Gasteiger partial charge on any atom is 0.255 e. The first kappa shape index (κ1) is 27.7. The quantitative estimate of drug-likeness (QED) is 0.214. The highest BCUT2D eigenvalue weighted by Crippen LogP contribution is 2.53. The molecule has 1 aromatic rings. The van der Waals surface area contributed by atoms with Crippen molar-refractivity contribution in [3.8, 4) is 5.75 Å². The van der Waals surface area contributed by atoms with Crippen LogP contribution >= 0.6 is 0 Å². The summed E-state index contributed by atoms with van der Waals surface area (Å²) in [5.41, 5.74) is 0.362. The highest BCUT2D eigenvalue weighted by atomic mass is 19.1. The lowest BCUT2D eigenvalue weighted by Gasteiger charge is -2.50. The highest BCUT2D eigenvalue weighted by Gasteiger charge is 2.64. The molecule has 1 aliphatic heterocycles. The maximum atomic E-state index is 15.4. The van der Waals surface area contributed by atoms with Gasteiger partial charge >= 0.3 is 0 Å². The van der Waals surface area contributed by atoms with Crippen molar-refractivity contribution in [3.05, 3.63) is 39.9 Å². The number of halogens is 1. The number of carbonyl (C=O) groups excluding carboxylic acids is 4. The Morgan fingerprint density at radius 3 is 2.45 bits per heavy atom. The van der Waals surface area contributed by atoms with Crippen molar-refractivity contribution >= 4 is 34.8 Å². The van der Waals surface area contributed by atoms with Crippen molar-refractivity contribution in [2.75, 3.05) is 39.0 Å². The number of fused-ring (bicyclic) bond motifs is 3. The second-order valence-electron chi connectivity index (χ2n) is 11.1. The number of likely N-dealkylation sites (N-methyl/N-ethyl adjacent to an activating group) is 1. The number of likely N-dealkylation sites (tertiary alicyclic amines) is 1. The third-order valence-electron chi connectivity index (χ3n) is 8.51. The van der Waals surface area contributed by atoms with Gasteiger partial charge in [-0.3, -0.25) is 29.0 Å². The van der Waals surface area contributed by atoms with Gasteiger partial charge < -0.3 is 31.5 Å². The van der Waals surface area contributed by atoms with Crippen molar-refractivity contribution in [1.29, 1.82) is 0 Å². The Labute approximate surface area is 228 Å². The first-order chi connectivity index (χ1) is 18.8. The molecule has 1 heterocycles. The third-order valence-corrected chi connectivity index (χ3v) is 8.51. The predicted octanol–water partition coefficient (Wildman–Crippen LogP) is 0.137. The Morgan fingerprint density at radius 1 is 1.20 bits per heavy atom. The summed E-state index contributed by atoms with van der Waals surface area (Å²) in [4.78, 5) is 54.8. The number of nitrogens with zero attached hydrogens (tertiary/aromatic N) is 2. The van der Waals surface area contributed by atoms with Crippen LogP contribution in [0.5, 0.6) is 5.75 Å². The third kappa shape index (κ3) is 3.99. The number of hydrogen-bond donors (Lipinski definition) is 6. The van der Waals surface area contributed by atoms with Gasteiger partial charge in [0.1, 0.15) is 22.9 Å². The monoisotopic (exact) mass is 558 g/mol. The van der Waals surface area contributed by atoms with E-state index in [9.17, 15) is 39.6 Å². The fraction of sp³-hybridized carbons (Fsp3) is 0.481. The van der Waals surface area contributed by atoms with Crippen molar-refractivity contribution < 1.29 is 44.0 Å². The molecule has 1 saturated heterocycles. The van der Waals surface area contributed by atoms with Crippen LogP contribution in [0.25, 0.3) is 5.76 Å². The Hall–Kier alpha value is -3.81. The highest BCUT2D eigenvalue weighted by molar-refractivity contribution is 6.24. The number of hydrogen-bond acceptors (Lipinski definition) is 10. The molecule has 1 saturated carbocycles. The van der Waals surface area contributed by atoms with Crippen LogP contribution < -0.4 is 11.1 Å². The summed E-state index contributed by atoms with van der Waals surface area (Å²) in [6.07, 6.45) is 1.56. The number of aliphatic hydroxyl groups is 3. The largest absolute Gasteiger partial charge is 0.508 e. The molecule has 5 rings (SSSR count). The Balaban J connectivity index is 1.60. The van der Waals surface area contributed by atoms with E-state index in [1.165, 1.54) is 19.0 Å². The van der Waals surface area contributed by atoms with E-state index in [4.69, 9.17) is 5.73 Å². The molecule has 0 radical (unpaired) electrons. The zero-order chi connectivity index (χ0) is 29.3. The van der Waals surface area contributed by atoms with Gasteiger partial charge in [-0.1, -0.05) is 0 Å². The van der Waals surface area contributed by atoms with Gasteiger partial charge in [0.05, 0.1) is 23.8 Å². The molecule has 0 spiro atoms. The smallest absolute Gasteiger partial charge is 0.255 e. The van der Waals surface area contributed by atoms with Gasteiger partial charge in [0.2, 0.25) is 11.7 Å². The first-order valence-corrected chi connectivity index (χ1v) is 13.0. The minimum atomic E-state index is -2.79. The van der Waals surface area contributed by atoms with Crippen LogP contribution in [0.4, 0.5) is 10.1 Å². The number of amides is 2. The lowest BCUT2D eigenvalue weighted by Crippen LogP contribution is -2.65. The van der Waals surface area contributed by atoms with E-state index in [0.29, 0.717) is 0 Å². The molecule has 1 aromatic carbocycles. The average molecular weight is 559 g/mol. The molecular formula is C27H31FN4O8. The second-order valence-corrected chi connectivity index (χ2v) is 11.1. The number of nitrogens with one attached hydrogen (secondary N) is 1. The molecule has 0 aromatic heterocycles. The van der Waals surface area contributed by atoms with Crippen molar-refractivity contribution in [2.45, 2.75) is 37.3 Å². The number of phenolic OH excluding ortho intramolecular Hbond substituents is 1. The predicted molar refractivity (Wildman–Crippen MR) is 139 cm³/mol. The van der Waals surface area contributed by atoms with Crippen LogP contribution in [0.3, 0.4) is 0 Å². The fourth-order valence-corrected chi connectivity index (χ4v) is 6.69. The molecule has 40 heavy (non-hydrogen) atoms. The van der Waals surface area contributed by atoms with Crippen LogP contribution in [0.2, 0.25) is 0 Å². The minimum absolute atomic E-state index is 0.0275. The molecule has 0 bridgehead atoms. The SMILES string of the molecule is CN(C)[C@@H]1C(=O)C(C(N)=O)=C(O)[C@]2(O)C(=O)C3=C(O)c4c(O)c(NC(=O)CN5CCCC5)cc(F)c4C[C@H]3C[C@@H]12. The summed E-state index contributed by atoms with van der Waals surface area (Å²) in [6, 6.07) is -0.292. The number of primary amides is 1. The molecule has 3 aliphatic carbocycles. The summed E-state index contributed by atoms with van der Waals surface area (Å²) < 4.78 is 15.4. The van der Waals surface area contributed by atoms with Gasteiger partial charge in [0.25, 0.3) is 5.91 Å². The molecule has 13 heteroatoms. The Morgan fingerprint density at radius 2 is 1.85 bits per heavy atom. The summed E-state index contributed by atoms with van der Waals surface area (Å²) in [6.45, 7) is 1.49. The van der Waals surface area contributed by atoms with Crippen LogP contribution in [-0.2, 0) is 25.6 Å². The van der Waals surface area contributed by atoms with E-state index in [1.807, 2.05) is 4.90 Å². The normalized spacial score (nSPS) is 28.5. The lowest BCUT2D eigenvalue weighted by atomic mass is 9.57. The number of aromatic hydroxyl groups is 1. The number of ketones is 2. The summed E-state index contributed by atoms with van der Waals surface area (Å²) in [5, 5.41) is 47.2. The van der Waals surface area contributed by atoms with E-state index in [1.54, 1.807) is 0 Å². The van der Waals surface area contributed by atoms with E-state index in [-0.39, 0.29) is 30.6 Å². The summed E-state index contributed by atoms with van der Waals surface area (Å²) in [5.74, 6) is -9.61. The first-order valence-electron chi connectivity index (χ1n) is 13.0. The molecule has 4 aliphatic rings. The lowest BCUT2D eigenvalue weighted by molar-refractivity contribution is -0.153. The zero-order valence-corrected chi connectivity index (χ0v) is 22.0. The van der Waals surface area contributed by atoms with Crippen molar-refractivity contribution in [2.24, 2.45) is 17.6 Å². The summed E-state index contributed by atoms with van der Waals surface area (Å²) in [7, 11) is 2.98. The molecule has 2 amide bonds. The fourth-order valence-electron chi connectivity index (χ4n) is 6.69. The number of anilines is 1. The van der Waals surface area contributed by atoms with E-state index < -0.39 is 86.7 Å². The number of benzene rings is 1. The van der Waals surface area contributed by atoms with Crippen molar-refractivity contribution in [3.63, 3.8) is 0 Å². The standard InChI is InChI=1S/C27H31FN4O8/c1-31(2)20-13-8-11-7-12-14(28)9-15(30-16(33)10-32-5-3-4-6-32)21(34)18(12)22(35)17(11)24(37)27(13,40)25(38)19(23(20)36)26(29)39/h9,11,13,20,34-35,38,40H,3-8,10H2,1-2H3,(H2,29,39)(H,30,33)/t11-,13-,20-,27+/m0/s1. The van der Waals surface area contributed by atoms with Crippen LogP contribution in [0, 0.1) is 17.7 Å². The molecule has 0 unspecified atom stereocenters. The summed E-state index contributed by atoms with van der Waals surface area (Å²) >= 11 is 0. The van der Waals surface area contributed by atoms with Gasteiger partial charge in [0.15, 0.2) is 17.1 Å². The van der Waals surface area contributed by atoms with E-state index in [2.05, 4.69) is 5.32 Å². The minimum Gasteiger partial charge on any atom is -0.508 e. The number of aliphatic hydroxyl groups excluding tert-OH is 2. The van der Waals surface area contributed by atoms with Gasteiger partial charge in [0, 0.05) is 23.1 Å². The van der Waals surface area contributed by atoms with Gasteiger partial charge in [-0.25, -0.2) is 4.39 Å². The maximum absolute atomic E-state index is 15.4. The van der Waals surface area contributed by atoms with Gasteiger partial charge in [-0.05, 0) is 58.8 Å². The zero-order valence-electron chi connectivity index (χ0n) is 22.0. The van der Waals surface area contributed by atoms with Crippen LogP contribution in [0.15, 0.2) is 23.0 Å². The topological polar surface area (TPSA) is 194 Å². The van der Waals surface area contributed by atoms with E-state index >= 15 is 4.39 Å². The molecular weight excluding hydrogens is 527 g/mol. The number of rotatable bonds is 5. The Bertz CT molecular complexity index is 1410. The number of carbonyl (C=O) groups is 4. The Kier molecular flexibility index (Phi) is 6.71. The average Bonchev–Trinajstić information content (AvgIpc) is 3.37. The van der Waals surface area contributed by atoms with Crippen LogP contribution in [-0.4, -0.2) is 99.0 Å².